The minimum atomic E-state index is -2.18. The minimum Gasteiger partial charge on any atom is -0.490 e. The van der Waals surface area contributed by atoms with Gasteiger partial charge in [-0.3, -0.25) is 4.79 Å². The van der Waals surface area contributed by atoms with Crippen molar-refractivity contribution in [3.63, 3.8) is 0 Å². The predicted molar refractivity (Wildman–Crippen MR) is 169 cm³/mol. The highest BCUT2D eigenvalue weighted by molar-refractivity contribution is 6.30. The van der Waals surface area contributed by atoms with Gasteiger partial charge in [0.15, 0.2) is 5.60 Å². The van der Waals surface area contributed by atoms with E-state index in [0.717, 1.165) is 42.8 Å². The highest BCUT2D eigenvalue weighted by Gasteiger charge is 2.46. The van der Waals surface area contributed by atoms with Gasteiger partial charge in [-0.05, 0) is 90.8 Å². The molecule has 1 amide bonds. The molecule has 0 unspecified atom stereocenters. The standard InChI is InChI=1S/C35H43ClN2O6/c1-22-6-12-30(39)27-10-7-24(27)19-38-20-34(14-4-5-23-15-26(36)9-11-28(23)34)21-44-31-13-8-25(16-29(31)38)35(42,33(41)43-3)17-32(40)37(2)18-22/h6,8-9,11-13,15-16,22,24,27,30,39,42H,4-5,7,10,14,17-21H2,1-3H3/b12-6-/t22-,24+,27-,30+,34+,35-/m1/s1. The summed E-state index contributed by atoms with van der Waals surface area (Å²) < 4.78 is 11.7. The normalized spacial score (nSPS) is 32.9. The van der Waals surface area contributed by atoms with E-state index in [0.29, 0.717) is 32.0 Å². The van der Waals surface area contributed by atoms with Gasteiger partial charge in [0.1, 0.15) is 5.75 Å². The number of anilines is 1. The van der Waals surface area contributed by atoms with Gasteiger partial charge >= 0.3 is 5.97 Å². The Bertz CT molecular complexity index is 1460. The average Bonchev–Trinajstić information content (AvgIpc) is 3.14. The number of aliphatic hydroxyl groups is 2. The second-order valence-electron chi connectivity index (χ2n) is 13.4. The molecule has 9 heteroatoms. The van der Waals surface area contributed by atoms with Crippen LogP contribution in [0.3, 0.4) is 0 Å². The van der Waals surface area contributed by atoms with Gasteiger partial charge in [0, 0.05) is 37.1 Å². The molecule has 1 fully saturated rings. The van der Waals surface area contributed by atoms with Gasteiger partial charge in [-0.15, -0.1) is 0 Å². The van der Waals surface area contributed by atoms with E-state index in [9.17, 15) is 19.8 Å². The van der Waals surface area contributed by atoms with Crippen LogP contribution in [0.4, 0.5) is 5.69 Å². The summed E-state index contributed by atoms with van der Waals surface area (Å²) in [6, 6.07) is 11.4. The van der Waals surface area contributed by atoms with Crippen molar-refractivity contribution in [2.45, 2.75) is 62.6 Å². The molecule has 236 valence electrons. The molecule has 4 aliphatic rings. The molecule has 1 saturated carbocycles. The molecule has 6 atom stereocenters. The van der Waals surface area contributed by atoms with Crippen molar-refractivity contribution in [3.8, 4) is 5.75 Å². The fourth-order valence-corrected chi connectivity index (χ4v) is 7.98. The lowest BCUT2D eigenvalue weighted by atomic mass is 9.68. The fraction of sp³-hybridized carbons (Fsp3) is 0.543. The highest BCUT2D eigenvalue weighted by atomic mass is 35.5. The van der Waals surface area contributed by atoms with Crippen LogP contribution < -0.4 is 9.64 Å². The molecule has 2 heterocycles. The Kier molecular flexibility index (Phi) is 8.46. The largest absolute Gasteiger partial charge is 0.490 e. The van der Waals surface area contributed by atoms with E-state index in [-0.39, 0.29) is 34.6 Å². The van der Waals surface area contributed by atoms with E-state index in [1.807, 2.05) is 25.1 Å². The maximum atomic E-state index is 13.4. The number of aryl methyl sites for hydroxylation is 1. The summed E-state index contributed by atoms with van der Waals surface area (Å²) in [5.74, 6) is -0.267. The molecular weight excluding hydrogens is 580 g/mol. The molecule has 2 aromatic carbocycles. The molecule has 2 aliphatic heterocycles. The Morgan fingerprint density at radius 3 is 2.70 bits per heavy atom. The third-order valence-electron chi connectivity index (χ3n) is 10.4. The van der Waals surface area contributed by atoms with E-state index in [1.165, 1.54) is 23.1 Å². The minimum absolute atomic E-state index is 0.0235. The fourth-order valence-electron chi connectivity index (χ4n) is 7.78. The van der Waals surface area contributed by atoms with Crippen LogP contribution in [0.2, 0.25) is 5.02 Å². The number of methoxy groups -OCH3 is 1. The van der Waals surface area contributed by atoms with Crippen LogP contribution in [0.5, 0.6) is 5.75 Å². The molecule has 0 aromatic heterocycles. The van der Waals surface area contributed by atoms with Gasteiger partial charge in [0.2, 0.25) is 5.91 Å². The van der Waals surface area contributed by atoms with Crippen molar-refractivity contribution >= 4 is 29.2 Å². The van der Waals surface area contributed by atoms with E-state index >= 15 is 0 Å². The van der Waals surface area contributed by atoms with Gasteiger partial charge in [0.05, 0.1) is 31.9 Å². The average molecular weight is 623 g/mol. The van der Waals surface area contributed by atoms with Crippen molar-refractivity contribution in [2.75, 3.05) is 45.3 Å². The molecule has 1 spiro atoms. The van der Waals surface area contributed by atoms with Crippen molar-refractivity contribution in [3.05, 3.63) is 70.3 Å². The van der Waals surface area contributed by atoms with Gasteiger partial charge in [-0.2, -0.15) is 0 Å². The third-order valence-corrected chi connectivity index (χ3v) is 10.7. The van der Waals surface area contributed by atoms with Crippen LogP contribution >= 0.6 is 11.6 Å². The lowest BCUT2D eigenvalue weighted by Gasteiger charge is -2.45. The zero-order chi connectivity index (χ0) is 31.2. The number of hydrogen-bond donors (Lipinski definition) is 2. The molecule has 2 aromatic rings. The first kappa shape index (κ1) is 30.9. The van der Waals surface area contributed by atoms with Crippen LogP contribution in [0.25, 0.3) is 0 Å². The number of carbonyl (C=O) groups excluding carboxylic acids is 2. The lowest BCUT2D eigenvalue weighted by molar-refractivity contribution is -0.168. The third kappa shape index (κ3) is 5.61. The summed E-state index contributed by atoms with van der Waals surface area (Å²) in [4.78, 5) is 30.4. The Morgan fingerprint density at radius 1 is 1.14 bits per heavy atom. The maximum absolute atomic E-state index is 13.4. The second-order valence-corrected chi connectivity index (χ2v) is 13.9. The van der Waals surface area contributed by atoms with Crippen molar-refractivity contribution in [1.29, 1.82) is 0 Å². The highest BCUT2D eigenvalue weighted by Crippen LogP contribution is 2.47. The summed E-state index contributed by atoms with van der Waals surface area (Å²) in [6.45, 7) is 4.20. The number of fused-ring (bicyclic) bond motifs is 4. The van der Waals surface area contributed by atoms with E-state index < -0.39 is 24.1 Å². The van der Waals surface area contributed by atoms with E-state index in [1.54, 1.807) is 25.2 Å². The first-order valence-electron chi connectivity index (χ1n) is 15.8. The summed E-state index contributed by atoms with van der Waals surface area (Å²) >= 11 is 6.41. The van der Waals surface area contributed by atoms with Gasteiger partial charge in [0.25, 0.3) is 0 Å². The molecule has 2 bridgehead atoms. The number of carbonyl (C=O) groups is 2. The second kappa shape index (κ2) is 12.0. The van der Waals surface area contributed by atoms with Gasteiger partial charge < -0.3 is 29.5 Å². The van der Waals surface area contributed by atoms with Gasteiger partial charge in [-0.25, -0.2) is 4.79 Å². The number of esters is 1. The number of amides is 1. The zero-order valence-corrected chi connectivity index (χ0v) is 26.6. The quantitative estimate of drug-likeness (QED) is 0.354. The van der Waals surface area contributed by atoms with Crippen LogP contribution in [-0.4, -0.2) is 73.5 Å². The van der Waals surface area contributed by atoms with E-state index in [2.05, 4.69) is 17.0 Å². The number of halogens is 1. The topological polar surface area (TPSA) is 99.5 Å². The lowest BCUT2D eigenvalue weighted by Crippen LogP contribution is -2.49. The number of ether oxygens (including phenoxy) is 2. The molecule has 0 saturated heterocycles. The molecule has 2 aliphatic carbocycles. The Morgan fingerprint density at radius 2 is 1.95 bits per heavy atom. The molecule has 0 radical (unpaired) electrons. The molecule has 44 heavy (non-hydrogen) atoms. The summed E-state index contributed by atoms with van der Waals surface area (Å²) in [5.41, 5.74) is 1.07. The summed E-state index contributed by atoms with van der Waals surface area (Å²) in [5, 5.41) is 23.8. The number of rotatable bonds is 1. The Balaban J connectivity index is 1.47. The van der Waals surface area contributed by atoms with Crippen LogP contribution in [-0.2, 0) is 31.8 Å². The predicted octanol–water partition coefficient (Wildman–Crippen LogP) is 4.62. The molecular formula is C35H43ClN2O6. The van der Waals surface area contributed by atoms with Crippen molar-refractivity contribution in [2.24, 2.45) is 17.8 Å². The van der Waals surface area contributed by atoms with Crippen molar-refractivity contribution < 1.29 is 29.3 Å². The maximum Gasteiger partial charge on any atom is 0.343 e. The smallest absolute Gasteiger partial charge is 0.343 e. The molecule has 6 rings (SSSR count). The van der Waals surface area contributed by atoms with Crippen LogP contribution in [0.1, 0.15) is 55.7 Å². The zero-order valence-electron chi connectivity index (χ0n) is 25.8. The first-order chi connectivity index (χ1) is 21.0. The number of aliphatic hydroxyl groups excluding tert-OH is 1. The molecule has 2 N–H and O–H groups in total. The number of nitrogens with zero attached hydrogens (tertiary/aromatic N) is 2. The SMILES string of the molecule is COC(=O)[C@@]1(O)CC(=O)N(C)C[C@H](C)/C=C\[C@H](O)[C@@H]2CC[C@H]2CN2C[C@@]3(CCCc4cc(Cl)ccc43)COc3ccc1cc32. The number of hydrogen-bond acceptors (Lipinski definition) is 7. The Hall–Kier alpha value is -3.07. The van der Waals surface area contributed by atoms with Crippen LogP contribution in [0.15, 0.2) is 48.6 Å². The van der Waals surface area contributed by atoms with Crippen LogP contribution in [0, 0.1) is 17.8 Å². The monoisotopic (exact) mass is 622 g/mol. The summed E-state index contributed by atoms with van der Waals surface area (Å²) in [6.07, 6.45) is 7.66. The first-order valence-corrected chi connectivity index (χ1v) is 16.1. The molecule has 8 nitrogen and oxygen atoms in total. The van der Waals surface area contributed by atoms with E-state index in [4.69, 9.17) is 21.1 Å². The Labute approximate surface area is 264 Å². The van der Waals surface area contributed by atoms with Crippen molar-refractivity contribution in [1.82, 2.24) is 4.90 Å². The number of benzene rings is 2. The summed E-state index contributed by atoms with van der Waals surface area (Å²) in [7, 11) is 2.88. The van der Waals surface area contributed by atoms with Gasteiger partial charge in [-0.1, -0.05) is 42.8 Å².